The number of hydrogen-bond donors (Lipinski definition) is 2. The summed E-state index contributed by atoms with van der Waals surface area (Å²) < 4.78 is 33.0. The lowest BCUT2D eigenvalue weighted by molar-refractivity contribution is -0.123. The molecule has 32 heavy (non-hydrogen) atoms. The third-order valence-corrected chi connectivity index (χ3v) is 6.53. The molecular formula is C24H25ClN2O4S. The molecule has 0 unspecified atom stereocenters. The number of sulfonamides is 1. The normalized spacial score (nSPS) is 12.2. The Balaban J connectivity index is 1.47. The highest BCUT2D eigenvalue weighted by Gasteiger charge is 2.14. The predicted molar refractivity (Wildman–Crippen MR) is 125 cm³/mol. The van der Waals surface area contributed by atoms with Crippen molar-refractivity contribution in [3.63, 3.8) is 0 Å². The lowest BCUT2D eigenvalue weighted by atomic mass is 10.1. The van der Waals surface area contributed by atoms with Gasteiger partial charge in [0.15, 0.2) is 6.61 Å². The molecule has 6 nitrogen and oxygen atoms in total. The number of hydrogen-bond acceptors (Lipinski definition) is 4. The molecule has 2 N–H and O–H groups in total. The van der Waals surface area contributed by atoms with Crippen LogP contribution in [0.25, 0.3) is 0 Å². The molecule has 0 fully saturated rings. The van der Waals surface area contributed by atoms with E-state index in [-0.39, 0.29) is 23.5 Å². The molecular weight excluding hydrogens is 448 g/mol. The van der Waals surface area contributed by atoms with Gasteiger partial charge >= 0.3 is 0 Å². The maximum Gasteiger partial charge on any atom is 0.258 e. The van der Waals surface area contributed by atoms with Crippen LogP contribution in [-0.2, 0) is 21.2 Å². The van der Waals surface area contributed by atoms with Gasteiger partial charge in [0.25, 0.3) is 5.91 Å². The van der Waals surface area contributed by atoms with E-state index in [4.69, 9.17) is 16.3 Å². The molecule has 0 aromatic heterocycles. The number of rotatable bonds is 10. The monoisotopic (exact) mass is 472 g/mol. The summed E-state index contributed by atoms with van der Waals surface area (Å²) in [5.41, 5.74) is 1.99. The number of carbonyl (C=O) groups is 1. The van der Waals surface area contributed by atoms with E-state index in [1.807, 2.05) is 49.4 Å². The first kappa shape index (κ1) is 23.8. The van der Waals surface area contributed by atoms with Gasteiger partial charge in [0.1, 0.15) is 5.75 Å². The van der Waals surface area contributed by atoms with Crippen molar-refractivity contribution in [1.29, 1.82) is 0 Å². The van der Waals surface area contributed by atoms with Crippen LogP contribution in [-0.4, -0.2) is 27.5 Å². The van der Waals surface area contributed by atoms with E-state index in [1.54, 1.807) is 12.1 Å². The fourth-order valence-electron chi connectivity index (χ4n) is 3.04. The molecule has 0 spiro atoms. The molecule has 0 radical (unpaired) electrons. The summed E-state index contributed by atoms with van der Waals surface area (Å²) in [4.78, 5) is 12.3. The zero-order chi connectivity index (χ0) is 23.0. The van der Waals surface area contributed by atoms with Gasteiger partial charge < -0.3 is 10.1 Å². The van der Waals surface area contributed by atoms with Gasteiger partial charge in [0, 0.05) is 11.6 Å². The molecule has 0 aliphatic carbocycles. The molecule has 3 aromatic rings. The smallest absolute Gasteiger partial charge is 0.258 e. The average molecular weight is 473 g/mol. The molecule has 0 saturated heterocycles. The standard InChI is InChI=1S/C24H25ClN2O4S/c1-18(20-7-9-21(25)10-8-20)27-24(28)17-31-22-11-13-23(14-12-22)32(29,30)26-16-15-19-5-3-2-4-6-19/h2-14,18,26H,15-17H2,1H3,(H,27,28)/t18-/m1/s1. The van der Waals surface area contributed by atoms with E-state index in [0.29, 0.717) is 23.7 Å². The van der Waals surface area contributed by atoms with Crippen molar-refractivity contribution in [2.24, 2.45) is 0 Å². The van der Waals surface area contributed by atoms with E-state index >= 15 is 0 Å². The van der Waals surface area contributed by atoms with Crippen LogP contribution in [0.1, 0.15) is 24.1 Å². The number of amides is 1. The zero-order valence-electron chi connectivity index (χ0n) is 17.6. The molecule has 8 heteroatoms. The van der Waals surface area contributed by atoms with E-state index in [9.17, 15) is 13.2 Å². The Morgan fingerprint density at radius 3 is 2.28 bits per heavy atom. The van der Waals surface area contributed by atoms with Crippen molar-refractivity contribution in [1.82, 2.24) is 10.0 Å². The summed E-state index contributed by atoms with van der Waals surface area (Å²) in [5.74, 6) is 0.120. The van der Waals surface area contributed by atoms with Gasteiger partial charge in [-0.1, -0.05) is 54.1 Å². The van der Waals surface area contributed by atoms with Crippen LogP contribution in [0.3, 0.4) is 0 Å². The lowest BCUT2D eigenvalue weighted by Gasteiger charge is -2.15. The Bertz CT molecular complexity index is 1120. The van der Waals surface area contributed by atoms with Crippen LogP contribution in [0.15, 0.2) is 83.8 Å². The summed E-state index contributed by atoms with van der Waals surface area (Å²) in [6.07, 6.45) is 0.602. The second-order valence-electron chi connectivity index (χ2n) is 7.23. The average Bonchev–Trinajstić information content (AvgIpc) is 2.79. The number of benzene rings is 3. The fourth-order valence-corrected chi connectivity index (χ4v) is 4.20. The highest BCUT2D eigenvalue weighted by Crippen LogP contribution is 2.17. The van der Waals surface area contributed by atoms with Crippen molar-refractivity contribution in [3.8, 4) is 5.75 Å². The van der Waals surface area contributed by atoms with Crippen LogP contribution in [0.5, 0.6) is 5.75 Å². The van der Waals surface area contributed by atoms with Gasteiger partial charge in [-0.2, -0.15) is 0 Å². The number of carbonyl (C=O) groups excluding carboxylic acids is 1. The minimum absolute atomic E-state index is 0.138. The molecule has 3 aromatic carbocycles. The van der Waals surface area contributed by atoms with Crippen LogP contribution < -0.4 is 14.8 Å². The summed E-state index contributed by atoms with van der Waals surface area (Å²) in [6.45, 7) is 1.99. The van der Waals surface area contributed by atoms with Gasteiger partial charge in [0.05, 0.1) is 10.9 Å². The van der Waals surface area contributed by atoms with E-state index in [1.165, 1.54) is 24.3 Å². The quantitative estimate of drug-likeness (QED) is 0.465. The van der Waals surface area contributed by atoms with Gasteiger partial charge in [-0.3, -0.25) is 4.79 Å². The summed E-state index contributed by atoms with van der Waals surface area (Å²) >= 11 is 5.88. The second-order valence-corrected chi connectivity index (χ2v) is 9.44. The lowest BCUT2D eigenvalue weighted by Crippen LogP contribution is -2.31. The van der Waals surface area contributed by atoms with Crippen molar-refractivity contribution >= 4 is 27.5 Å². The van der Waals surface area contributed by atoms with E-state index < -0.39 is 10.0 Å². The van der Waals surface area contributed by atoms with Crippen molar-refractivity contribution in [2.75, 3.05) is 13.2 Å². The first-order chi connectivity index (χ1) is 15.3. The highest BCUT2D eigenvalue weighted by atomic mass is 35.5. The Kier molecular flexibility index (Phi) is 8.27. The summed E-state index contributed by atoms with van der Waals surface area (Å²) in [7, 11) is -3.62. The minimum atomic E-state index is -3.62. The number of ether oxygens (including phenoxy) is 1. The summed E-state index contributed by atoms with van der Waals surface area (Å²) in [5, 5.41) is 3.48. The Morgan fingerprint density at radius 2 is 1.62 bits per heavy atom. The highest BCUT2D eigenvalue weighted by molar-refractivity contribution is 7.89. The van der Waals surface area contributed by atoms with Gasteiger partial charge in [-0.25, -0.2) is 13.1 Å². The molecule has 0 bridgehead atoms. The Hall–Kier alpha value is -2.87. The Labute approximate surface area is 193 Å². The van der Waals surface area contributed by atoms with E-state index in [0.717, 1.165) is 11.1 Å². The van der Waals surface area contributed by atoms with Crippen molar-refractivity contribution in [3.05, 3.63) is 95.0 Å². The van der Waals surface area contributed by atoms with E-state index in [2.05, 4.69) is 10.0 Å². The van der Waals surface area contributed by atoms with Crippen LogP contribution >= 0.6 is 11.6 Å². The van der Waals surface area contributed by atoms with Crippen LogP contribution in [0.4, 0.5) is 0 Å². The molecule has 0 heterocycles. The minimum Gasteiger partial charge on any atom is -0.484 e. The molecule has 0 aliphatic rings. The molecule has 1 amide bonds. The topological polar surface area (TPSA) is 84.5 Å². The number of nitrogens with one attached hydrogen (secondary N) is 2. The molecule has 168 valence electrons. The van der Waals surface area contributed by atoms with Crippen molar-refractivity contribution in [2.45, 2.75) is 24.3 Å². The third kappa shape index (κ3) is 7.09. The first-order valence-electron chi connectivity index (χ1n) is 10.1. The Morgan fingerprint density at radius 1 is 0.969 bits per heavy atom. The van der Waals surface area contributed by atoms with Crippen LogP contribution in [0.2, 0.25) is 5.02 Å². The molecule has 0 aliphatic heterocycles. The maximum atomic E-state index is 12.5. The number of halogens is 1. The fraction of sp³-hybridized carbons (Fsp3) is 0.208. The van der Waals surface area contributed by atoms with Gasteiger partial charge in [-0.05, 0) is 60.9 Å². The maximum absolute atomic E-state index is 12.5. The van der Waals surface area contributed by atoms with Crippen molar-refractivity contribution < 1.29 is 17.9 Å². The molecule has 0 saturated carbocycles. The molecule has 3 rings (SSSR count). The third-order valence-electron chi connectivity index (χ3n) is 4.80. The second kappa shape index (κ2) is 11.1. The van der Waals surface area contributed by atoms with Gasteiger partial charge in [-0.15, -0.1) is 0 Å². The SMILES string of the molecule is C[C@@H](NC(=O)COc1ccc(S(=O)(=O)NCCc2ccccc2)cc1)c1ccc(Cl)cc1. The van der Waals surface area contributed by atoms with Gasteiger partial charge in [0.2, 0.25) is 10.0 Å². The largest absolute Gasteiger partial charge is 0.484 e. The zero-order valence-corrected chi connectivity index (χ0v) is 19.2. The van der Waals surface area contributed by atoms with Crippen LogP contribution in [0, 0.1) is 0 Å². The molecule has 1 atom stereocenters. The summed E-state index contributed by atoms with van der Waals surface area (Å²) in [6, 6.07) is 22.7. The predicted octanol–water partition coefficient (Wildman–Crippen LogP) is 4.12. The first-order valence-corrected chi connectivity index (χ1v) is 12.0.